The van der Waals surface area contributed by atoms with E-state index in [1.165, 1.54) is 0 Å². The number of piperazine rings is 1. The maximum atomic E-state index is 12.4. The molecule has 2 aromatic carbocycles. The van der Waals surface area contributed by atoms with Gasteiger partial charge in [-0.3, -0.25) is 14.5 Å². The normalized spacial score (nSPS) is 17.7. The van der Waals surface area contributed by atoms with E-state index < -0.39 is 0 Å². The molecule has 7 nitrogen and oxygen atoms in total. The molecule has 0 radical (unpaired) electrons. The first-order valence-electron chi connectivity index (χ1n) is 9.41. The summed E-state index contributed by atoms with van der Waals surface area (Å²) in [5.41, 5.74) is 2.17. The number of hydrogen-bond donors (Lipinski definition) is 2. The van der Waals surface area contributed by atoms with Crippen molar-refractivity contribution in [3.05, 3.63) is 54.6 Å². The molecule has 1 heterocycles. The average molecular weight is 379 g/mol. The molecular formula is C21H25N5O2. The molecule has 0 saturated carbocycles. The number of hydrogen-bond acceptors (Lipinski definition) is 5. The minimum Gasteiger partial charge on any atom is -0.353 e. The second-order valence-corrected chi connectivity index (χ2v) is 7.08. The van der Waals surface area contributed by atoms with Crippen LogP contribution in [-0.4, -0.2) is 42.4 Å². The SMILES string of the molecule is CC(C)C1C(=O)NCCN1CC(=O)Nc1ccc(N=Nc2ccccc2)cc1. The van der Waals surface area contributed by atoms with E-state index in [4.69, 9.17) is 0 Å². The summed E-state index contributed by atoms with van der Waals surface area (Å²) in [6.45, 7) is 5.40. The highest BCUT2D eigenvalue weighted by atomic mass is 16.2. The number of rotatable bonds is 6. The molecule has 1 aliphatic rings. The Morgan fingerprint density at radius 3 is 2.39 bits per heavy atom. The molecule has 1 saturated heterocycles. The lowest BCUT2D eigenvalue weighted by Gasteiger charge is -2.36. The van der Waals surface area contributed by atoms with Gasteiger partial charge < -0.3 is 10.6 Å². The van der Waals surface area contributed by atoms with Crippen LogP contribution in [0.2, 0.25) is 0 Å². The van der Waals surface area contributed by atoms with E-state index in [0.29, 0.717) is 24.5 Å². The van der Waals surface area contributed by atoms with Crippen molar-refractivity contribution in [3.8, 4) is 0 Å². The summed E-state index contributed by atoms with van der Waals surface area (Å²) in [6.07, 6.45) is 0. The smallest absolute Gasteiger partial charge is 0.238 e. The number of azo groups is 1. The van der Waals surface area contributed by atoms with Gasteiger partial charge in [-0.25, -0.2) is 0 Å². The lowest BCUT2D eigenvalue weighted by Crippen LogP contribution is -2.58. The lowest BCUT2D eigenvalue weighted by molar-refractivity contribution is -0.132. The van der Waals surface area contributed by atoms with E-state index in [9.17, 15) is 9.59 Å². The van der Waals surface area contributed by atoms with Gasteiger partial charge in [-0.2, -0.15) is 10.2 Å². The molecule has 146 valence electrons. The highest BCUT2D eigenvalue weighted by molar-refractivity contribution is 5.93. The van der Waals surface area contributed by atoms with Crippen molar-refractivity contribution in [2.75, 3.05) is 25.0 Å². The minimum absolute atomic E-state index is 0.0119. The van der Waals surface area contributed by atoms with Crippen LogP contribution in [0.15, 0.2) is 64.8 Å². The Balaban J connectivity index is 1.57. The van der Waals surface area contributed by atoms with E-state index >= 15 is 0 Å². The largest absolute Gasteiger partial charge is 0.353 e. The maximum absolute atomic E-state index is 12.4. The molecule has 1 atom stereocenters. The first kappa shape index (κ1) is 19.7. The van der Waals surface area contributed by atoms with Crippen LogP contribution in [0.25, 0.3) is 0 Å². The molecule has 1 aliphatic heterocycles. The Hall–Kier alpha value is -3.06. The number of carbonyl (C=O) groups is 2. The second-order valence-electron chi connectivity index (χ2n) is 7.08. The van der Waals surface area contributed by atoms with Gasteiger partial charge >= 0.3 is 0 Å². The van der Waals surface area contributed by atoms with Crippen LogP contribution < -0.4 is 10.6 Å². The summed E-state index contributed by atoms with van der Waals surface area (Å²) in [7, 11) is 0. The van der Waals surface area contributed by atoms with E-state index in [1.807, 2.05) is 49.1 Å². The molecule has 2 aromatic rings. The zero-order valence-corrected chi connectivity index (χ0v) is 16.1. The van der Waals surface area contributed by atoms with E-state index in [2.05, 4.69) is 20.9 Å². The highest BCUT2D eigenvalue weighted by Crippen LogP contribution is 2.20. The Morgan fingerprint density at radius 1 is 1.11 bits per heavy atom. The molecule has 3 rings (SSSR count). The molecule has 0 bridgehead atoms. The maximum Gasteiger partial charge on any atom is 0.238 e. The molecule has 0 spiro atoms. The zero-order valence-electron chi connectivity index (χ0n) is 16.1. The van der Waals surface area contributed by atoms with Crippen molar-refractivity contribution < 1.29 is 9.59 Å². The van der Waals surface area contributed by atoms with Gasteiger partial charge in [0.1, 0.15) is 0 Å². The predicted octanol–water partition coefficient (Wildman–Crippen LogP) is 3.50. The summed E-state index contributed by atoms with van der Waals surface area (Å²) < 4.78 is 0. The monoisotopic (exact) mass is 379 g/mol. The lowest BCUT2D eigenvalue weighted by atomic mass is 10.00. The standard InChI is InChI=1S/C21H25N5O2/c1-15(2)20-21(28)22-12-13-26(20)14-19(27)23-16-8-10-18(11-9-16)25-24-17-6-4-3-5-7-17/h3-11,15,20H,12-14H2,1-2H3,(H,22,28)(H,23,27). The minimum atomic E-state index is -0.278. The number of nitrogens with zero attached hydrogens (tertiary/aromatic N) is 3. The van der Waals surface area contributed by atoms with Crippen LogP contribution in [0.4, 0.5) is 17.1 Å². The van der Waals surface area contributed by atoms with Crippen LogP contribution >= 0.6 is 0 Å². The third kappa shape index (κ3) is 5.23. The number of benzene rings is 2. The molecule has 1 unspecified atom stereocenters. The molecule has 7 heteroatoms. The summed E-state index contributed by atoms with van der Waals surface area (Å²) in [4.78, 5) is 26.4. The average Bonchev–Trinajstić information content (AvgIpc) is 2.68. The van der Waals surface area contributed by atoms with Gasteiger partial charge in [-0.05, 0) is 42.3 Å². The van der Waals surface area contributed by atoms with Crippen LogP contribution in [0, 0.1) is 5.92 Å². The summed E-state index contributed by atoms with van der Waals surface area (Å²) in [5, 5.41) is 14.1. The molecule has 0 aromatic heterocycles. The van der Waals surface area contributed by atoms with Crippen molar-refractivity contribution in [1.29, 1.82) is 0 Å². The Kier molecular flexibility index (Phi) is 6.49. The third-order valence-electron chi connectivity index (χ3n) is 4.53. The Labute approximate surface area is 164 Å². The topological polar surface area (TPSA) is 86.2 Å². The van der Waals surface area contributed by atoms with Crippen LogP contribution in [0.1, 0.15) is 13.8 Å². The Bertz CT molecular complexity index is 834. The van der Waals surface area contributed by atoms with Crippen LogP contribution in [0.5, 0.6) is 0 Å². The van der Waals surface area contributed by atoms with Gasteiger partial charge in [0.15, 0.2) is 0 Å². The van der Waals surface area contributed by atoms with Crippen LogP contribution in [-0.2, 0) is 9.59 Å². The number of nitrogens with one attached hydrogen (secondary N) is 2. The van der Waals surface area contributed by atoms with Crippen molar-refractivity contribution in [2.24, 2.45) is 16.1 Å². The van der Waals surface area contributed by atoms with Gasteiger partial charge in [-0.1, -0.05) is 32.0 Å². The van der Waals surface area contributed by atoms with E-state index in [1.54, 1.807) is 24.3 Å². The zero-order chi connectivity index (χ0) is 19.9. The number of carbonyl (C=O) groups excluding carboxylic acids is 2. The predicted molar refractivity (Wildman–Crippen MR) is 109 cm³/mol. The molecule has 2 amide bonds. The van der Waals surface area contributed by atoms with Crippen molar-refractivity contribution in [2.45, 2.75) is 19.9 Å². The Morgan fingerprint density at radius 2 is 1.75 bits per heavy atom. The summed E-state index contributed by atoms with van der Waals surface area (Å²) >= 11 is 0. The van der Waals surface area contributed by atoms with Gasteiger partial charge in [0, 0.05) is 18.8 Å². The number of anilines is 1. The van der Waals surface area contributed by atoms with Crippen molar-refractivity contribution in [3.63, 3.8) is 0 Å². The van der Waals surface area contributed by atoms with Crippen molar-refractivity contribution >= 4 is 28.9 Å². The fraction of sp³-hybridized carbons (Fsp3) is 0.333. The molecule has 1 fully saturated rings. The molecular weight excluding hydrogens is 354 g/mol. The summed E-state index contributed by atoms with van der Waals surface area (Å²) in [6, 6.07) is 16.4. The fourth-order valence-electron chi connectivity index (χ4n) is 3.24. The summed E-state index contributed by atoms with van der Waals surface area (Å²) in [5.74, 6) is -0.0106. The quantitative estimate of drug-likeness (QED) is 0.753. The third-order valence-corrected chi connectivity index (χ3v) is 4.53. The molecule has 28 heavy (non-hydrogen) atoms. The second kappa shape index (κ2) is 9.23. The van der Waals surface area contributed by atoms with Gasteiger partial charge in [-0.15, -0.1) is 0 Å². The number of amides is 2. The van der Waals surface area contributed by atoms with Gasteiger partial charge in [0.2, 0.25) is 11.8 Å². The van der Waals surface area contributed by atoms with Gasteiger partial charge in [0.05, 0.1) is 24.0 Å². The first-order chi connectivity index (χ1) is 13.5. The van der Waals surface area contributed by atoms with E-state index in [-0.39, 0.29) is 30.3 Å². The fourth-order valence-corrected chi connectivity index (χ4v) is 3.24. The highest BCUT2D eigenvalue weighted by Gasteiger charge is 2.33. The first-order valence-corrected chi connectivity index (χ1v) is 9.41. The molecule has 0 aliphatic carbocycles. The van der Waals surface area contributed by atoms with Crippen molar-refractivity contribution in [1.82, 2.24) is 10.2 Å². The van der Waals surface area contributed by atoms with E-state index in [0.717, 1.165) is 5.69 Å². The molecule has 2 N–H and O–H groups in total. The van der Waals surface area contributed by atoms with Crippen LogP contribution in [0.3, 0.4) is 0 Å². The van der Waals surface area contributed by atoms with Gasteiger partial charge in [0.25, 0.3) is 0 Å².